The molecule has 0 saturated heterocycles. The Morgan fingerprint density at radius 1 is 1.22 bits per heavy atom. The molecule has 0 saturated carbocycles. The number of rotatable bonds is 2. The van der Waals surface area contributed by atoms with Gasteiger partial charge in [0.1, 0.15) is 0 Å². The van der Waals surface area contributed by atoms with Crippen LogP contribution in [0.5, 0.6) is 0 Å². The van der Waals surface area contributed by atoms with Gasteiger partial charge < -0.3 is 5.73 Å². The lowest BCUT2D eigenvalue weighted by atomic mass is 10.0. The van der Waals surface area contributed by atoms with Crippen molar-refractivity contribution in [2.45, 2.75) is 25.7 Å². The summed E-state index contributed by atoms with van der Waals surface area (Å²) in [7, 11) is 0. The number of nitrogens with two attached hydrogens (primary N) is 1. The number of nitrogens with zero attached hydrogens (tertiary/aromatic N) is 3. The van der Waals surface area contributed by atoms with Crippen molar-refractivity contribution in [3.8, 4) is 0 Å². The Morgan fingerprint density at radius 3 is 2.78 bits per heavy atom. The molecule has 0 fully saturated rings. The van der Waals surface area contributed by atoms with Crippen LogP contribution in [0.1, 0.15) is 33.2 Å². The lowest BCUT2D eigenvalue weighted by Crippen LogP contribution is -2.11. The molecule has 94 valence electrons. The first-order chi connectivity index (χ1) is 8.72. The first kappa shape index (κ1) is 11.5. The van der Waals surface area contributed by atoms with Gasteiger partial charge in [-0.15, -0.1) is 21.5 Å². The number of hydrogen-bond acceptors (Lipinski definition) is 7. The largest absolute Gasteiger partial charge is 0.374 e. The van der Waals surface area contributed by atoms with E-state index in [1.54, 1.807) is 11.3 Å². The van der Waals surface area contributed by atoms with Crippen molar-refractivity contribution in [2.75, 3.05) is 11.1 Å². The molecule has 2 aromatic rings. The Balaban J connectivity index is 1.76. The number of hydrogen-bond donors (Lipinski definition) is 2. The molecule has 0 spiro atoms. The Labute approximate surface area is 111 Å². The highest BCUT2D eigenvalue weighted by Crippen LogP contribution is 2.29. The summed E-state index contributed by atoms with van der Waals surface area (Å²) in [6.45, 7) is 0. The second-order valence-corrected chi connectivity index (χ2v) is 6.09. The molecule has 1 aliphatic rings. The molecule has 18 heavy (non-hydrogen) atoms. The summed E-state index contributed by atoms with van der Waals surface area (Å²) in [5, 5.41) is 11.3. The first-order valence-electron chi connectivity index (χ1n) is 5.61. The van der Waals surface area contributed by atoms with Gasteiger partial charge in [-0.2, -0.15) is 0 Å². The van der Waals surface area contributed by atoms with Crippen molar-refractivity contribution in [3.05, 3.63) is 15.6 Å². The van der Waals surface area contributed by atoms with Crippen LogP contribution in [0.4, 0.5) is 10.3 Å². The summed E-state index contributed by atoms with van der Waals surface area (Å²) in [4.78, 5) is 17.6. The molecule has 0 bridgehead atoms. The molecular weight excluding hydrogens is 270 g/mol. The van der Waals surface area contributed by atoms with E-state index in [1.807, 2.05) is 0 Å². The second-order valence-electron chi connectivity index (χ2n) is 4.00. The summed E-state index contributed by atoms with van der Waals surface area (Å²) in [6, 6.07) is 0. The minimum absolute atomic E-state index is 0.265. The monoisotopic (exact) mass is 281 g/mol. The number of nitrogens with one attached hydrogen (secondary N) is 1. The average Bonchev–Trinajstić information content (AvgIpc) is 2.94. The molecule has 0 aromatic carbocycles. The molecule has 8 heteroatoms. The van der Waals surface area contributed by atoms with Gasteiger partial charge in [-0.25, -0.2) is 4.98 Å². The van der Waals surface area contributed by atoms with Crippen LogP contribution in [-0.4, -0.2) is 21.1 Å². The number of aryl methyl sites for hydroxylation is 2. The van der Waals surface area contributed by atoms with E-state index in [0.717, 1.165) is 29.9 Å². The van der Waals surface area contributed by atoms with Gasteiger partial charge in [0, 0.05) is 4.88 Å². The lowest BCUT2D eigenvalue weighted by Gasteiger charge is -2.06. The average molecular weight is 281 g/mol. The van der Waals surface area contributed by atoms with Gasteiger partial charge in [0.2, 0.25) is 10.1 Å². The molecule has 6 nitrogen and oxygen atoms in total. The number of anilines is 2. The molecule has 3 N–H and O–H groups in total. The molecule has 3 rings (SSSR count). The number of fused-ring (bicyclic) bond motifs is 1. The van der Waals surface area contributed by atoms with Crippen LogP contribution >= 0.6 is 22.7 Å². The molecule has 1 amide bonds. The van der Waals surface area contributed by atoms with Crippen LogP contribution in [0.25, 0.3) is 0 Å². The van der Waals surface area contributed by atoms with Crippen LogP contribution in [0.15, 0.2) is 0 Å². The molecule has 0 atom stereocenters. The van der Waals surface area contributed by atoms with Gasteiger partial charge in [-0.05, 0) is 25.7 Å². The number of amides is 1. The lowest BCUT2D eigenvalue weighted by molar-refractivity contribution is 0.102. The van der Waals surface area contributed by atoms with Gasteiger partial charge in [0.05, 0.1) is 5.69 Å². The zero-order chi connectivity index (χ0) is 12.5. The first-order valence-corrected chi connectivity index (χ1v) is 7.24. The number of thiazole rings is 1. The highest BCUT2D eigenvalue weighted by molar-refractivity contribution is 7.17. The van der Waals surface area contributed by atoms with Crippen LogP contribution in [0.2, 0.25) is 0 Å². The highest BCUT2D eigenvalue weighted by Gasteiger charge is 2.18. The Bertz CT molecular complexity index is 567. The van der Waals surface area contributed by atoms with Crippen molar-refractivity contribution in [2.24, 2.45) is 0 Å². The highest BCUT2D eigenvalue weighted by atomic mass is 32.1. The van der Waals surface area contributed by atoms with E-state index in [4.69, 9.17) is 5.73 Å². The molecule has 0 unspecified atom stereocenters. The maximum Gasteiger partial charge on any atom is 0.288 e. The third-order valence-corrected chi connectivity index (χ3v) is 4.53. The maximum atomic E-state index is 11.8. The van der Waals surface area contributed by atoms with Gasteiger partial charge in [-0.3, -0.25) is 10.1 Å². The summed E-state index contributed by atoms with van der Waals surface area (Å²) in [5.41, 5.74) is 6.56. The number of carbonyl (C=O) groups excluding carboxylic acids is 1. The molecule has 2 heterocycles. The molecule has 0 radical (unpaired) electrons. The molecular formula is C10H11N5OS2. The van der Waals surface area contributed by atoms with E-state index < -0.39 is 0 Å². The van der Waals surface area contributed by atoms with Crippen LogP contribution in [0, 0.1) is 0 Å². The number of carbonyl (C=O) groups is 1. The van der Waals surface area contributed by atoms with Crippen molar-refractivity contribution in [1.82, 2.24) is 15.2 Å². The summed E-state index contributed by atoms with van der Waals surface area (Å²) in [6.07, 6.45) is 4.45. The quantitative estimate of drug-likeness (QED) is 0.874. The van der Waals surface area contributed by atoms with Crippen molar-refractivity contribution in [1.29, 1.82) is 0 Å². The van der Waals surface area contributed by atoms with Gasteiger partial charge in [-0.1, -0.05) is 11.3 Å². The fourth-order valence-electron chi connectivity index (χ4n) is 1.88. The van der Waals surface area contributed by atoms with E-state index in [9.17, 15) is 4.79 Å². The fourth-order valence-corrected chi connectivity index (χ4v) is 3.43. The maximum absolute atomic E-state index is 11.8. The fraction of sp³-hybridized carbons (Fsp3) is 0.400. The molecule has 1 aliphatic carbocycles. The normalized spacial score (nSPS) is 14.2. The van der Waals surface area contributed by atoms with E-state index in [-0.39, 0.29) is 10.9 Å². The van der Waals surface area contributed by atoms with Crippen LogP contribution in [0.3, 0.4) is 0 Å². The van der Waals surface area contributed by atoms with Crippen LogP contribution < -0.4 is 11.1 Å². The van der Waals surface area contributed by atoms with E-state index in [2.05, 4.69) is 20.5 Å². The Kier molecular flexibility index (Phi) is 2.96. The minimum Gasteiger partial charge on any atom is -0.374 e. The van der Waals surface area contributed by atoms with Crippen molar-refractivity contribution < 1.29 is 4.79 Å². The number of nitrogen functional groups attached to an aromatic ring is 1. The van der Waals surface area contributed by atoms with Gasteiger partial charge in [0.25, 0.3) is 5.91 Å². The minimum atomic E-state index is -0.296. The standard InChI is InChI=1S/C10H11N5OS2/c11-9-15-14-8(18-9)7(16)13-10-12-5-3-1-2-4-6(5)17-10/h1-4H2,(H2,11,15)(H,12,13,16). The number of aromatic nitrogens is 3. The van der Waals surface area contributed by atoms with Crippen molar-refractivity contribution in [3.63, 3.8) is 0 Å². The predicted molar refractivity (Wildman–Crippen MR) is 71.0 cm³/mol. The summed E-state index contributed by atoms with van der Waals surface area (Å²) in [5.74, 6) is -0.296. The van der Waals surface area contributed by atoms with E-state index in [1.165, 1.54) is 17.7 Å². The third kappa shape index (κ3) is 2.21. The SMILES string of the molecule is Nc1nnc(C(=O)Nc2nc3c(s2)CCCC3)s1. The Hall–Kier alpha value is -1.54. The van der Waals surface area contributed by atoms with E-state index >= 15 is 0 Å². The van der Waals surface area contributed by atoms with Gasteiger partial charge in [0.15, 0.2) is 5.13 Å². The predicted octanol–water partition coefficient (Wildman–Crippen LogP) is 1.71. The van der Waals surface area contributed by atoms with Crippen LogP contribution in [-0.2, 0) is 12.8 Å². The molecule has 0 aliphatic heterocycles. The van der Waals surface area contributed by atoms with E-state index in [0.29, 0.717) is 10.3 Å². The molecule has 2 aromatic heterocycles. The summed E-state index contributed by atoms with van der Waals surface area (Å²) < 4.78 is 0. The smallest absolute Gasteiger partial charge is 0.288 e. The second kappa shape index (κ2) is 4.62. The van der Waals surface area contributed by atoms with Gasteiger partial charge >= 0.3 is 0 Å². The Morgan fingerprint density at radius 2 is 2.06 bits per heavy atom. The topological polar surface area (TPSA) is 93.8 Å². The zero-order valence-electron chi connectivity index (χ0n) is 9.47. The summed E-state index contributed by atoms with van der Waals surface area (Å²) >= 11 is 2.62. The zero-order valence-corrected chi connectivity index (χ0v) is 11.1. The van der Waals surface area contributed by atoms with Crippen molar-refractivity contribution >= 4 is 38.8 Å². The third-order valence-electron chi connectivity index (χ3n) is 2.70.